The van der Waals surface area contributed by atoms with Crippen LogP contribution in [0.2, 0.25) is 0 Å². The van der Waals surface area contributed by atoms with Crippen molar-refractivity contribution < 1.29 is 12.8 Å². The zero-order valence-electron chi connectivity index (χ0n) is 16.2. The Bertz CT molecular complexity index is 1280. The molecule has 3 heterocycles. The summed E-state index contributed by atoms with van der Waals surface area (Å²) < 4.78 is 34.0. The molecule has 0 amide bonds. The number of pyridine rings is 1. The molecule has 2 aromatic heterocycles. The van der Waals surface area contributed by atoms with E-state index in [0.717, 1.165) is 23.6 Å². The van der Waals surface area contributed by atoms with Crippen molar-refractivity contribution in [1.82, 2.24) is 19.5 Å². The monoisotopic (exact) mass is 420 g/mol. The topological polar surface area (TPSA) is 89.2 Å². The number of benzene rings is 2. The standard InChI is InChI=1S/C22H20N4O3S/c27-30(28,17-9-2-1-3-10-17)26-15-7-6-12-19(26)21-24-25-22(29-21)20-18-11-5-4-8-16(18)13-14-23-20/h1-5,8-11,13-14,19H,6-7,12,15H2. The molecule has 7 nitrogen and oxygen atoms in total. The fourth-order valence-electron chi connectivity index (χ4n) is 3.92. The minimum absolute atomic E-state index is 0.271. The predicted octanol–water partition coefficient (Wildman–Crippen LogP) is 4.20. The summed E-state index contributed by atoms with van der Waals surface area (Å²) >= 11 is 0. The van der Waals surface area contributed by atoms with Crippen molar-refractivity contribution in [3.63, 3.8) is 0 Å². The van der Waals surface area contributed by atoms with E-state index in [4.69, 9.17) is 4.42 Å². The van der Waals surface area contributed by atoms with Crippen LogP contribution in [0.5, 0.6) is 0 Å². The molecule has 1 saturated heterocycles. The van der Waals surface area contributed by atoms with E-state index in [1.54, 1.807) is 36.5 Å². The van der Waals surface area contributed by atoms with Crippen LogP contribution in [0.25, 0.3) is 22.4 Å². The summed E-state index contributed by atoms with van der Waals surface area (Å²) in [6.45, 7) is 0.423. The van der Waals surface area contributed by atoms with E-state index in [9.17, 15) is 8.42 Å². The lowest BCUT2D eigenvalue weighted by atomic mass is 10.1. The Labute approximate surface area is 174 Å². The zero-order chi connectivity index (χ0) is 20.6. The Morgan fingerprint density at radius 1 is 0.933 bits per heavy atom. The summed E-state index contributed by atoms with van der Waals surface area (Å²) in [7, 11) is -3.66. The maximum atomic E-state index is 13.2. The highest BCUT2D eigenvalue weighted by Crippen LogP contribution is 2.36. The van der Waals surface area contributed by atoms with Crippen LogP contribution in [-0.4, -0.2) is 34.4 Å². The molecule has 1 unspecified atom stereocenters. The highest BCUT2D eigenvalue weighted by Gasteiger charge is 2.37. The number of aromatic nitrogens is 3. The molecule has 0 saturated carbocycles. The minimum atomic E-state index is -3.66. The summed E-state index contributed by atoms with van der Waals surface area (Å²) in [5, 5.41) is 10.3. The number of rotatable bonds is 4. The largest absolute Gasteiger partial charge is 0.417 e. The summed E-state index contributed by atoms with van der Waals surface area (Å²) in [4.78, 5) is 4.69. The predicted molar refractivity (Wildman–Crippen MR) is 112 cm³/mol. The minimum Gasteiger partial charge on any atom is -0.417 e. The van der Waals surface area contributed by atoms with Gasteiger partial charge in [0, 0.05) is 18.1 Å². The van der Waals surface area contributed by atoms with E-state index in [0.29, 0.717) is 30.4 Å². The fourth-order valence-corrected chi connectivity index (χ4v) is 5.59. The van der Waals surface area contributed by atoms with Crippen molar-refractivity contribution >= 4 is 20.8 Å². The van der Waals surface area contributed by atoms with E-state index in [-0.39, 0.29) is 4.90 Å². The van der Waals surface area contributed by atoms with Crippen LogP contribution < -0.4 is 0 Å². The van der Waals surface area contributed by atoms with Crippen LogP contribution in [-0.2, 0) is 10.0 Å². The van der Waals surface area contributed by atoms with Crippen LogP contribution in [0.3, 0.4) is 0 Å². The molecule has 0 N–H and O–H groups in total. The molecule has 8 heteroatoms. The van der Waals surface area contributed by atoms with Gasteiger partial charge in [-0.25, -0.2) is 8.42 Å². The lowest BCUT2D eigenvalue weighted by molar-refractivity contribution is 0.220. The van der Waals surface area contributed by atoms with Gasteiger partial charge in [0.25, 0.3) is 5.89 Å². The van der Waals surface area contributed by atoms with Gasteiger partial charge in [0.1, 0.15) is 11.7 Å². The van der Waals surface area contributed by atoms with Gasteiger partial charge in [-0.15, -0.1) is 10.2 Å². The molecule has 5 rings (SSSR count). The van der Waals surface area contributed by atoms with E-state index in [1.807, 2.05) is 30.3 Å². The second-order valence-electron chi connectivity index (χ2n) is 7.27. The van der Waals surface area contributed by atoms with Gasteiger partial charge in [-0.05, 0) is 36.4 Å². The normalized spacial score (nSPS) is 17.9. The highest BCUT2D eigenvalue weighted by molar-refractivity contribution is 7.89. The average Bonchev–Trinajstić information content (AvgIpc) is 3.29. The average molecular weight is 420 g/mol. The fraction of sp³-hybridized carbons (Fsp3) is 0.227. The Morgan fingerprint density at radius 2 is 1.73 bits per heavy atom. The summed E-state index contributed by atoms with van der Waals surface area (Å²) in [5.41, 5.74) is 0.597. The summed E-state index contributed by atoms with van der Waals surface area (Å²) in [6, 6.07) is 17.7. The Morgan fingerprint density at radius 3 is 2.60 bits per heavy atom. The molecule has 0 spiro atoms. The van der Waals surface area contributed by atoms with E-state index in [1.165, 1.54) is 4.31 Å². The van der Waals surface area contributed by atoms with Gasteiger partial charge < -0.3 is 4.42 Å². The van der Waals surface area contributed by atoms with Gasteiger partial charge in [-0.1, -0.05) is 48.9 Å². The smallest absolute Gasteiger partial charge is 0.266 e. The Balaban J connectivity index is 1.53. The first-order chi connectivity index (χ1) is 14.6. The van der Waals surface area contributed by atoms with E-state index < -0.39 is 16.1 Å². The first kappa shape index (κ1) is 18.9. The van der Waals surface area contributed by atoms with Crippen LogP contribution in [0.1, 0.15) is 31.2 Å². The lowest BCUT2D eigenvalue weighted by Crippen LogP contribution is -2.38. The summed E-state index contributed by atoms with van der Waals surface area (Å²) in [6.07, 6.45) is 4.04. The third-order valence-corrected chi connectivity index (χ3v) is 7.33. The van der Waals surface area contributed by atoms with Crippen molar-refractivity contribution in [3.05, 3.63) is 72.8 Å². The SMILES string of the molecule is O=S(=O)(c1ccccc1)N1CCCCC1c1nnc(-c2nccc3ccccc23)o1. The van der Waals surface area contributed by atoms with Crippen LogP contribution in [0.15, 0.2) is 76.2 Å². The third-order valence-electron chi connectivity index (χ3n) is 5.41. The number of hydrogen-bond donors (Lipinski definition) is 0. The van der Waals surface area contributed by atoms with Gasteiger partial charge in [-0.2, -0.15) is 4.31 Å². The quantitative estimate of drug-likeness (QED) is 0.492. The number of hydrogen-bond acceptors (Lipinski definition) is 6. The lowest BCUT2D eigenvalue weighted by Gasteiger charge is -2.32. The number of fused-ring (bicyclic) bond motifs is 1. The highest BCUT2D eigenvalue weighted by atomic mass is 32.2. The maximum absolute atomic E-state index is 13.2. The zero-order valence-corrected chi connectivity index (χ0v) is 17.0. The second-order valence-corrected chi connectivity index (χ2v) is 9.16. The van der Waals surface area contributed by atoms with Gasteiger partial charge in [0.05, 0.1) is 4.90 Å². The van der Waals surface area contributed by atoms with E-state index in [2.05, 4.69) is 15.2 Å². The molecule has 0 aliphatic carbocycles. The Kier molecular flexibility index (Phi) is 4.80. The first-order valence-corrected chi connectivity index (χ1v) is 11.3. The molecule has 1 aliphatic heterocycles. The molecule has 1 fully saturated rings. The second kappa shape index (κ2) is 7.62. The van der Waals surface area contributed by atoms with E-state index >= 15 is 0 Å². The molecule has 1 atom stereocenters. The van der Waals surface area contributed by atoms with Crippen molar-refractivity contribution in [2.75, 3.05) is 6.54 Å². The molecular weight excluding hydrogens is 400 g/mol. The maximum Gasteiger partial charge on any atom is 0.266 e. The molecule has 0 radical (unpaired) electrons. The molecule has 2 aromatic carbocycles. The third kappa shape index (κ3) is 3.28. The number of nitrogens with zero attached hydrogens (tertiary/aromatic N) is 4. The van der Waals surface area contributed by atoms with Crippen molar-refractivity contribution in [3.8, 4) is 11.6 Å². The number of sulfonamides is 1. The molecule has 1 aliphatic rings. The van der Waals surface area contributed by atoms with Crippen LogP contribution in [0.4, 0.5) is 0 Å². The number of piperidine rings is 1. The van der Waals surface area contributed by atoms with Crippen molar-refractivity contribution in [2.45, 2.75) is 30.2 Å². The summed E-state index contributed by atoms with van der Waals surface area (Å²) in [5.74, 6) is 0.600. The van der Waals surface area contributed by atoms with Gasteiger partial charge >= 0.3 is 0 Å². The molecular formula is C22H20N4O3S. The molecule has 152 valence electrons. The van der Waals surface area contributed by atoms with Crippen LogP contribution in [0, 0.1) is 0 Å². The first-order valence-electron chi connectivity index (χ1n) is 9.89. The molecule has 30 heavy (non-hydrogen) atoms. The van der Waals surface area contributed by atoms with Gasteiger partial charge in [0.15, 0.2) is 0 Å². The van der Waals surface area contributed by atoms with Gasteiger partial charge in [0.2, 0.25) is 15.9 Å². The molecule has 0 bridgehead atoms. The van der Waals surface area contributed by atoms with Gasteiger partial charge in [-0.3, -0.25) is 4.98 Å². The van der Waals surface area contributed by atoms with Crippen LogP contribution >= 0.6 is 0 Å². The van der Waals surface area contributed by atoms with Crippen molar-refractivity contribution in [1.29, 1.82) is 0 Å². The molecule has 4 aromatic rings. The Hall–Kier alpha value is -3.10. The van der Waals surface area contributed by atoms with Crippen molar-refractivity contribution in [2.24, 2.45) is 0 Å².